The summed E-state index contributed by atoms with van der Waals surface area (Å²) in [5.74, 6) is 0.810. The van der Waals surface area contributed by atoms with Crippen molar-refractivity contribution in [3.63, 3.8) is 0 Å². The maximum atomic E-state index is 13.5. The van der Waals surface area contributed by atoms with Crippen molar-refractivity contribution in [2.24, 2.45) is 0 Å². The maximum Gasteiger partial charge on any atom is 0.282 e. The summed E-state index contributed by atoms with van der Waals surface area (Å²) in [5.41, 5.74) is 1.98. The first-order valence-electron chi connectivity index (χ1n) is 10.2. The van der Waals surface area contributed by atoms with Crippen LogP contribution in [0.3, 0.4) is 0 Å². The molecule has 33 heavy (non-hydrogen) atoms. The van der Waals surface area contributed by atoms with Crippen molar-refractivity contribution >= 4 is 40.4 Å². The molecule has 0 radical (unpaired) electrons. The number of benzene rings is 3. The second kappa shape index (κ2) is 8.52. The summed E-state index contributed by atoms with van der Waals surface area (Å²) in [5, 5.41) is 3.66. The summed E-state index contributed by atoms with van der Waals surface area (Å²) >= 11 is 6.04. The Kier molecular flexibility index (Phi) is 5.40. The Morgan fingerprint density at radius 3 is 2.42 bits per heavy atom. The third-order valence-corrected chi connectivity index (χ3v) is 5.59. The molecule has 166 valence electrons. The summed E-state index contributed by atoms with van der Waals surface area (Å²) < 4.78 is 16.5. The predicted molar refractivity (Wildman–Crippen MR) is 125 cm³/mol. The van der Waals surface area contributed by atoms with E-state index in [1.165, 1.54) is 7.11 Å². The highest BCUT2D eigenvalue weighted by atomic mass is 35.5. The Balaban J connectivity index is 1.58. The molecule has 2 heterocycles. The van der Waals surface area contributed by atoms with E-state index in [1.807, 2.05) is 0 Å². The van der Waals surface area contributed by atoms with Gasteiger partial charge in [-0.2, -0.15) is 0 Å². The van der Waals surface area contributed by atoms with Crippen LogP contribution in [0.2, 0.25) is 5.02 Å². The number of anilines is 2. The lowest BCUT2D eigenvalue weighted by atomic mass is 10.0. The average molecular weight is 463 g/mol. The summed E-state index contributed by atoms with van der Waals surface area (Å²) in [7, 11) is 1.53. The Bertz CT molecular complexity index is 1290. The van der Waals surface area contributed by atoms with Crippen LogP contribution in [0.4, 0.5) is 11.4 Å². The number of ether oxygens (including phenoxy) is 3. The highest BCUT2D eigenvalue weighted by Crippen LogP contribution is 2.37. The topological polar surface area (TPSA) is 77.1 Å². The lowest BCUT2D eigenvalue weighted by Gasteiger charge is -2.19. The molecule has 0 aliphatic carbocycles. The van der Waals surface area contributed by atoms with Crippen LogP contribution in [0.1, 0.15) is 5.56 Å². The summed E-state index contributed by atoms with van der Waals surface area (Å²) in [4.78, 5) is 28.2. The minimum absolute atomic E-state index is 0.154. The first-order valence-corrected chi connectivity index (χ1v) is 10.6. The maximum absolute atomic E-state index is 13.5. The zero-order chi connectivity index (χ0) is 22.9. The third kappa shape index (κ3) is 3.87. The molecule has 3 aromatic carbocycles. The molecule has 0 spiro atoms. The van der Waals surface area contributed by atoms with Crippen LogP contribution in [0, 0.1) is 0 Å². The molecule has 0 saturated heterocycles. The number of hydrogen-bond donors (Lipinski definition) is 1. The van der Waals surface area contributed by atoms with Gasteiger partial charge in [-0.15, -0.1) is 0 Å². The van der Waals surface area contributed by atoms with Crippen molar-refractivity contribution in [1.82, 2.24) is 0 Å². The van der Waals surface area contributed by atoms with Crippen molar-refractivity contribution in [3.05, 3.63) is 83.0 Å². The smallest absolute Gasteiger partial charge is 0.282 e. The van der Waals surface area contributed by atoms with Gasteiger partial charge in [0.15, 0.2) is 11.5 Å². The molecule has 7 nitrogen and oxygen atoms in total. The predicted octanol–water partition coefficient (Wildman–Crippen LogP) is 4.52. The number of imide groups is 1. The first kappa shape index (κ1) is 20.9. The monoisotopic (exact) mass is 462 g/mol. The molecule has 3 aromatic rings. The van der Waals surface area contributed by atoms with E-state index in [2.05, 4.69) is 5.32 Å². The van der Waals surface area contributed by atoms with Gasteiger partial charge in [0.2, 0.25) is 0 Å². The van der Waals surface area contributed by atoms with E-state index < -0.39 is 11.8 Å². The number of carbonyl (C=O) groups is 2. The molecule has 0 aromatic heterocycles. The SMILES string of the molecule is COc1cccc(N2C(=O)C(Nc3ccc4c(c3)OCCO4)=C(c3ccc(Cl)cc3)C2=O)c1. The molecular formula is C25H19ClN2O5. The Labute approximate surface area is 195 Å². The van der Waals surface area contributed by atoms with Crippen LogP contribution in [0.5, 0.6) is 17.2 Å². The minimum atomic E-state index is -0.479. The largest absolute Gasteiger partial charge is 0.497 e. The number of hydrogen-bond acceptors (Lipinski definition) is 6. The fourth-order valence-corrected chi connectivity index (χ4v) is 3.91. The number of nitrogens with zero attached hydrogens (tertiary/aromatic N) is 1. The quantitative estimate of drug-likeness (QED) is 0.562. The van der Waals surface area contributed by atoms with Gasteiger partial charge >= 0.3 is 0 Å². The van der Waals surface area contributed by atoms with Crippen LogP contribution < -0.4 is 24.4 Å². The fourth-order valence-electron chi connectivity index (χ4n) is 3.78. The molecule has 0 fully saturated rings. The molecule has 5 rings (SSSR count). The highest BCUT2D eigenvalue weighted by Gasteiger charge is 2.40. The summed E-state index contributed by atoms with van der Waals surface area (Å²) in [6, 6.07) is 18.9. The number of carbonyl (C=O) groups excluding carboxylic acids is 2. The average Bonchev–Trinajstić information content (AvgIpc) is 3.08. The lowest BCUT2D eigenvalue weighted by Crippen LogP contribution is -2.32. The van der Waals surface area contributed by atoms with Gasteiger partial charge in [-0.25, -0.2) is 4.90 Å². The van der Waals surface area contributed by atoms with Gasteiger partial charge in [-0.3, -0.25) is 9.59 Å². The summed E-state index contributed by atoms with van der Waals surface area (Å²) in [6.07, 6.45) is 0. The van der Waals surface area contributed by atoms with Crippen molar-refractivity contribution in [2.75, 3.05) is 30.5 Å². The normalized spacial score (nSPS) is 15.2. The standard InChI is InChI=1S/C25H19ClN2O5/c1-31-19-4-2-3-18(14-19)28-24(29)22(15-5-7-16(26)8-6-15)23(25(28)30)27-17-9-10-20-21(13-17)33-12-11-32-20/h2-10,13-14,27H,11-12H2,1H3. The molecule has 0 unspecified atom stereocenters. The molecule has 2 aliphatic rings. The zero-order valence-electron chi connectivity index (χ0n) is 17.6. The van der Waals surface area contributed by atoms with Gasteiger partial charge in [0.25, 0.3) is 11.8 Å². The Hall–Kier alpha value is -3.97. The molecule has 0 saturated carbocycles. The van der Waals surface area contributed by atoms with E-state index in [1.54, 1.807) is 66.7 Å². The van der Waals surface area contributed by atoms with Gasteiger partial charge < -0.3 is 19.5 Å². The van der Waals surface area contributed by atoms with Crippen molar-refractivity contribution in [3.8, 4) is 17.2 Å². The minimum Gasteiger partial charge on any atom is -0.497 e. The van der Waals surface area contributed by atoms with Crippen LogP contribution in [-0.2, 0) is 9.59 Å². The number of fused-ring (bicyclic) bond motifs is 1. The number of nitrogens with one attached hydrogen (secondary N) is 1. The molecule has 0 bridgehead atoms. The molecule has 2 amide bonds. The number of methoxy groups -OCH3 is 1. The summed E-state index contributed by atoms with van der Waals surface area (Å²) in [6.45, 7) is 0.921. The van der Waals surface area contributed by atoms with Gasteiger partial charge in [0.05, 0.1) is 18.4 Å². The Morgan fingerprint density at radius 2 is 1.67 bits per heavy atom. The van der Waals surface area contributed by atoms with Gasteiger partial charge in [-0.1, -0.05) is 29.8 Å². The second-order valence-corrected chi connectivity index (χ2v) is 7.82. The third-order valence-electron chi connectivity index (χ3n) is 5.34. The van der Waals surface area contributed by atoms with Crippen LogP contribution in [0.15, 0.2) is 72.4 Å². The van der Waals surface area contributed by atoms with Crippen molar-refractivity contribution in [1.29, 1.82) is 0 Å². The van der Waals surface area contributed by atoms with E-state index in [9.17, 15) is 9.59 Å². The van der Waals surface area contributed by atoms with Crippen LogP contribution >= 0.6 is 11.6 Å². The molecule has 2 aliphatic heterocycles. The van der Waals surface area contributed by atoms with Gasteiger partial charge in [0.1, 0.15) is 24.7 Å². The lowest BCUT2D eigenvalue weighted by molar-refractivity contribution is -0.120. The Morgan fingerprint density at radius 1 is 0.909 bits per heavy atom. The van der Waals surface area contributed by atoms with Crippen LogP contribution in [0.25, 0.3) is 5.57 Å². The first-order chi connectivity index (χ1) is 16.0. The van der Waals surface area contributed by atoms with E-state index in [-0.39, 0.29) is 11.3 Å². The van der Waals surface area contributed by atoms with Crippen molar-refractivity contribution in [2.45, 2.75) is 0 Å². The molecule has 0 atom stereocenters. The molecule has 8 heteroatoms. The number of halogens is 1. The van der Waals surface area contributed by atoms with E-state index in [0.717, 1.165) is 4.90 Å². The fraction of sp³-hybridized carbons (Fsp3) is 0.120. The van der Waals surface area contributed by atoms with E-state index >= 15 is 0 Å². The second-order valence-electron chi connectivity index (χ2n) is 7.39. The molecular weight excluding hydrogens is 444 g/mol. The number of amides is 2. The van der Waals surface area contributed by atoms with Gasteiger partial charge in [-0.05, 0) is 42.0 Å². The zero-order valence-corrected chi connectivity index (χ0v) is 18.4. The van der Waals surface area contributed by atoms with E-state index in [0.29, 0.717) is 52.4 Å². The highest BCUT2D eigenvalue weighted by molar-refractivity contribution is 6.46. The molecule has 1 N–H and O–H groups in total. The van der Waals surface area contributed by atoms with E-state index in [4.69, 9.17) is 25.8 Å². The van der Waals surface area contributed by atoms with Gasteiger partial charge in [0, 0.05) is 22.8 Å². The van der Waals surface area contributed by atoms with Crippen LogP contribution in [-0.4, -0.2) is 32.1 Å². The number of rotatable bonds is 5. The van der Waals surface area contributed by atoms with Crippen molar-refractivity contribution < 1.29 is 23.8 Å².